The highest BCUT2D eigenvalue weighted by Gasteiger charge is 2.36. The SMILES string of the molecule is [2H]c1c([2H])c([2H])c2c(-c3cc(-c4cccc(-c5ccccc5)c4)nc(-c4ccccc4)n3)c([2H])c([2H])c(-c3ccc4c(c3)C(C)(C)c3cc5ccccc5cc3-4)c2c1[2H]. The van der Waals surface area contributed by atoms with Crippen molar-refractivity contribution in [3.8, 4) is 67.3 Å². The summed E-state index contributed by atoms with van der Waals surface area (Å²) in [6.45, 7) is 4.38. The Hall–Kier alpha value is -6.64. The van der Waals surface area contributed by atoms with Crippen molar-refractivity contribution in [3.63, 3.8) is 0 Å². The first-order valence-corrected chi connectivity index (χ1v) is 17.8. The second kappa shape index (κ2) is 12.3. The van der Waals surface area contributed by atoms with E-state index in [-0.39, 0.29) is 51.8 Å². The van der Waals surface area contributed by atoms with Gasteiger partial charge in [0, 0.05) is 22.1 Å². The predicted octanol–water partition coefficient (Wildman–Crippen LogP) is 13.4. The van der Waals surface area contributed by atoms with Gasteiger partial charge in [0.15, 0.2) is 5.82 Å². The van der Waals surface area contributed by atoms with E-state index >= 15 is 0 Å². The van der Waals surface area contributed by atoms with Gasteiger partial charge in [-0.05, 0) is 96.4 Å². The Morgan fingerprint density at radius 3 is 1.79 bits per heavy atom. The first kappa shape index (κ1) is 25.3. The van der Waals surface area contributed by atoms with Gasteiger partial charge < -0.3 is 0 Å². The molecule has 0 unspecified atom stereocenters. The molecule has 0 fully saturated rings. The maximum Gasteiger partial charge on any atom is 0.160 e. The van der Waals surface area contributed by atoms with Gasteiger partial charge in [0.2, 0.25) is 0 Å². The third-order valence-electron chi connectivity index (χ3n) is 10.6. The van der Waals surface area contributed by atoms with Crippen molar-refractivity contribution in [1.82, 2.24) is 9.97 Å². The average Bonchev–Trinajstić information content (AvgIpc) is 3.49. The summed E-state index contributed by atoms with van der Waals surface area (Å²) in [6.07, 6.45) is 0. The minimum Gasteiger partial charge on any atom is -0.228 e. The van der Waals surface area contributed by atoms with Crippen LogP contribution in [-0.4, -0.2) is 9.97 Å². The average molecular weight is 683 g/mol. The van der Waals surface area contributed by atoms with E-state index in [1.807, 2.05) is 109 Å². The van der Waals surface area contributed by atoms with Crippen LogP contribution in [0.15, 0.2) is 182 Å². The maximum atomic E-state index is 9.71. The Bertz CT molecular complexity index is 3200. The van der Waals surface area contributed by atoms with Crippen LogP contribution in [-0.2, 0) is 5.41 Å². The lowest BCUT2D eigenvalue weighted by atomic mass is 9.81. The lowest BCUT2D eigenvalue weighted by molar-refractivity contribution is 0.661. The first-order valence-electron chi connectivity index (χ1n) is 20.8. The monoisotopic (exact) mass is 682 g/mol. The summed E-state index contributed by atoms with van der Waals surface area (Å²) in [6, 6.07) is 46.5. The summed E-state index contributed by atoms with van der Waals surface area (Å²) >= 11 is 0. The Morgan fingerprint density at radius 2 is 1.02 bits per heavy atom. The molecule has 2 nitrogen and oxygen atoms in total. The lowest BCUT2D eigenvalue weighted by Crippen LogP contribution is -2.15. The van der Waals surface area contributed by atoms with E-state index in [9.17, 15) is 5.48 Å². The van der Waals surface area contributed by atoms with E-state index in [1.54, 1.807) is 6.07 Å². The van der Waals surface area contributed by atoms with E-state index in [4.69, 9.17) is 12.7 Å². The van der Waals surface area contributed by atoms with Crippen molar-refractivity contribution in [1.29, 1.82) is 0 Å². The van der Waals surface area contributed by atoms with Crippen molar-refractivity contribution >= 4 is 21.5 Å². The zero-order valence-electron chi connectivity index (χ0n) is 35.3. The molecule has 0 aliphatic heterocycles. The van der Waals surface area contributed by atoms with Crippen LogP contribution in [0.3, 0.4) is 0 Å². The number of hydrogen-bond acceptors (Lipinski definition) is 2. The fourth-order valence-corrected chi connectivity index (χ4v) is 7.85. The molecule has 0 spiro atoms. The molecule has 2 heteroatoms. The lowest BCUT2D eigenvalue weighted by Gasteiger charge is -2.22. The molecule has 1 aliphatic rings. The fraction of sp³-hybridized carbons (Fsp3) is 0.0588. The second-order valence-corrected chi connectivity index (χ2v) is 14.2. The molecule has 0 bridgehead atoms. The van der Waals surface area contributed by atoms with E-state index in [2.05, 4.69) is 44.2 Å². The van der Waals surface area contributed by atoms with Gasteiger partial charge in [-0.2, -0.15) is 0 Å². The number of benzene rings is 8. The van der Waals surface area contributed by atoms with Gasteiger partial charge in [-0.1, -0.05) is 165 Å². The number of rotatable bonds is 5. The zero-order valence-corrected chi connectivity index (χ0v) is 29.3. The van der Waals surface area contributed by atoms with Crippen LogP contribution < -0.4 is 0 Å². The molecule has 0 N–H and O–H groups in total. The van der Waals surface area contributed by atoms with Crippen LogP contribution in [0.4, 0.5) is 0 Å². The molecule has 1 aromatic heterocycles. The standard InChI is InChI=1S/C51H36N2/c1-51(2)46-31-38(24-25-43(46)45-29-36-18-9-10-19-37(36)30-47(45)51)40-26-27-44(42-23-12-11-22-41(40)42)49-32-48(52-50(53-49)34-16-7-4-8-17-34)39-21-13-20-35(28-39)33-14-5-3-6-15-33/h3-32H,1-2H3/i11D,12D,22D,23D,26D,27D. The van der Waals surface area contributed by atoms with E-state index in [1.165, 1.54) is 5.56 Å². The molecular formula is C51H36N2. The van der Waals surface area contributed by atoms with Crippen LogP contribution in [0, 0.1) is 0 Å². The molecule has 8 aromatic carbocycles. The topological polar surface area (TPSA) is 25.8 Å². The smallest absolute Gasteiger partial charge is 0.160 e. The van der Waals surface area contributed by atoms with Crippen molar-refractivity contribution in [3.05, 3.63) is 193 Å². The molecule has 0 atom stereocenters. The molecule has 53 heavy (non-hydrogen) atoms. The minimum absolute atomic E-state index is 0.142. The van der Waals surface area contributed by atoms with Gasteiger partial charge in [-0.25, -0.2) is 9.97 Å². The number of hydrogen-bond donors (Lipinski definition) is 0. The van der Waals surface area contributed by atoms with Gasteiger partial charge in [0.25, 0.3) is 0 Å². The van der Waals surface area contributed by atoms with E-state index < -0.39 is 17.5 Å². The number of fused-ring (bicyclic) bond motifs is 5. The molecule has 10 rings (SSSR count). The Morgan fingerprint density at radius 1 is 0.415 bits per heavy atom. The third kappa shape index (κ3) is 5.26. The van der Waals surface area contributed by atoms with E-state index in [0.29, 0.717) is 17.1 Å². The van der Waals surface area contributed by atoms with Gasteiger partial charge in [0.05, 0.1) is 19.6 Å². The van der Waals surface area contributed by atoms with Crippen LogP contribution in [0.2, 0.25) is 0 Å². The van der Waals surface area contributed by atoms with Crippen LogP contribution in [0.1, 0.15) is 33.2 Å². The number of aromatic nitrogens is 2. The number of nitrogens with zero attached hydrogens (tertiary/aromatic N) is 2. The summed E-state index contributed by atoms with van der Waals surface area (Å²) in [5.41, 5.74) is 9.58. The molecule has 0 radical (unpaired) electrons. The van der Waals surface area contributed by atoms with Crippen LogP contribution in [0.5, 0.6) is 0 Å². The molecular weight excluding hydrogens is 641 g/mol. The Labute approximate surface area is 318 Å². The van der Waals surface area contributed by atoms with Crippen molar-refractivity contribution < 1.29 is 8.22 Å². The highest BCUT2D eigenvalue weighted by Crippen LogP contribution is 2.51. The Balaban J connectivity index is 1.23. The molecule has 0 saturated heterocycles. The molecule has 1 heterocycles. The molecule has 0 amide bonds. The highest BCUT2D eigenvalue weighted by molar-refractivity contribution is 6.05. The van der Waals surface area contributed by atoms with Gasteiger partial charge in [-0.3, -0.25) is 0 Å². The van der Waals surface area contributed by atoms with Crippen molar-refractivity contribution in [2.24, 2.45) is 0 Å². The summed E-state index contributed by atoms with van der Waals surface area (Å²) in [7, 11) is 0. The highest BCUT2D eigenvalue weighted by atomic mass is 14.9. The maximum absolute atomic E-state index is 9.71. The third-order valence-corrected chi connectivity index (χ3v) is 10.6. The summed E-state index contributed by atoms with van der Waals surface area (Å²) in [5, 5.41) is 2.63. The van der Waals surface area contributed by atoms with E-state index in [0.717, 1.165) is 49.7 Å². The first-order chi connectivity index (χ1) is 28.5. The Kier molecular flexibility index (Phi) is 5.86. The minimum atomic E-state index is -0.419. The quantitative estimate of drug-likeness (QED) is 0.181. The molecule has 0 saturated carbocycles. The van der Waals surface area contributed by atoms with Crippen molar-refractivity contribution in [2.75, 3.05) is 0 Å². The van der Waals surface area contributed by atoms with Crippen LogP contribution >= 0.6 is 0 Å². The largest absolute Gasteiger partial charge is 0.228 e. The molecule has 1 aliphatic carbocycles. The summed E-state index contributed by atoms with van der Waals surface area (Å²) in [4.78, 5) is 10.0. The second-order valence-electron chi connectivity index (χ2n) is 14.2. The normalized spacial score (nSPS) is 14.5. The van der Waals surface area contributed by atoms with Crippen LogP contribution in [0.25, 0.3) is 88.8 Å². The van der Waals surface area contributed by atoms with Gasteiger partial charge in [0.1, 0.15) is 0 Å². The fourth-order valence-electron chi connectivity index (χ4n) is 7.85. The summed E-state index contributed by atoms with van der Waals surface area (Å²) in [5.74, 6) is 0.389. The predicted molar refractivity (Wildman–Crippen MR) is 222 cm³/mol. The molecule has 250 valence electrons. The molecule has 9 aromatic rings. The van der Waals surface area contributed by atoms with Gasteiger partial charge in [-0.15, -0.1) is 0 Å². The van der Waals surface area contributed by atoms with Crippen molar-refractivity contribution in [2.45, 2.75) is 19.3 Å². The van der Waals surface area contributed by atoms with Gasteiger partial charge >= 0.3 is 0 Å². The zero-order chi connectivity index (χ0) is 40.7. The summed E-state index contributed by atoms with van der Waals surface area (Å²) < 4.78 is 55.8.